The summed E-state index contributed by atoms with van der Waals surface area (Å²) >= 11 is 0. The van der Waals surface area contributed by atoms with Crippen LogP contribution < -0.4 is 5.73 Å². The summed E-state index contributed by atoms with van der Waals surface area (Å²) in [6.45, 7) is 5.60. The second kappa shape index (κ2) is 5.36. The first-order valence-corrected chi connectivity index (χ1v) is 6.81. The molecule has 0 spiro atoms. The zero-order chi connectivity index (χ0) is 12.4. The summed E-state index contributed by atoms with van der Waals surface area (Å²) in [7, 11) is 0. The predicted octanol–water partition coefficient (Wildman–Crippen LogP) is 1.14. The molecule has 0 aromatic heterocycles. The molecule has 4 atom stereocenters. The molecule has 1 heterocycles. The summed E-state index contributed by atoms with van der Waals surface area (Å²) in [6, 6.07) is 0.0701. The highest BCUT2D eigenvalue weighted by Gasteiger charge is 2.36. The normalized spacial score (nSPS) is 38.4. The maximum atomic E-state index is 12.4. The molecule has 0 radical (unpaired) electrons. The number of hydrogen-bond donors (Lipinski definition) is 1. The molecular formula is C13H24N2O2. The number of nitrogens with two attached hydrogens (primary N) is 1. The Hall–Kier alpha value is -0.610. The van der Waals surface area contributed by atoms with E-state index in [1.165, 1.54) is 0 Å². The number of nitrogens with zero attached hydrogens (tertiary/aromatic N) is 1. The minimum absolute atomic E-state index is 0.0535. The van der Waals surface area contributed by atoms with E-state index >= 15 is 0 Å². The van der Waals surface area contributed by atoms with Crippen molar-refractivity contribution in [3.63, 3.8) is 0 Å². The first kappa shape index (κ1) is 12.8. The van der Waals surface area contributed by atoms with E-state index in [0.29, 0.717) is 0 Å². The van der Waals surface area contributed by atoms with Crippen LogP contribution in [0.2, 0.25) is 0 Å². The highest BCUT2D eigenvalue weighted by Crippen LogP contribution is 2.27. The molecule has 4 heteroatoms. The van der Waals surface area contributed by atoms with Crippen LogP contribution in [0.5, 0.6) is 0 Å². The van der Waals surface area contributed by atoms with Gasteiger partial charge in [-0.3, -0.25) is 4.79 Å². The van der Waals surface area contributed by atoms with Crippen molar-refractivity contribution < 1.29 is 9.53 Å². The Morgan fingerprint density at radius 3 is 2.76 bits per heavy atom. The van der Waals surface area contributed by atoms with Gasteiger partial charge in [-0.1, -0.05) is 13.3 Å². The van der Waals surface area contributed by atoms with Crippen molar-refractivity contribution in [2.24, 2.45) is 11.7 Å². The fourth-order valence-electron chi connectivity index (χ4n) is 2.98. The number of amides is 1. The van der Waals surface area contributed by atoms with Gasteiger partial charge in [0, 0.05) is 19.1 Å². The van der Waals surface area contributed by atoms with Crippen LogP contribution in [0.1, 0.15) is 39.5 Å². The molecule has 17 heavy (non-hydrogen) atoms. The lowest BCUT2D eigenvalue weighted by Gasteiger charge is -2.38. The number of hydrogen-bond acceptors (Lipinski definition) is 3. The van der Waals surface area contributed by atoms with E-state index < -0.39 is 0 Å². The van der Waals surface area contributed by atoms with Crippen molar-refractivity contribution in [3.05, 3.63) is 0 Å². The van der Waals surface area contributed by atoms with Gasteiger partial charge in [0.1, 0.15) is 0 Å². The summed E-state index contributed by atoms with van der Waals surface area (Å²) < 4.78 is 5.78. The lowest BCUT2D eigenvalue weighted by atomic mass is 10.0. The molecule has 2 aliphatic rings. The van der Waals surface area contributed by atoms with Gasteiger partial charge in [0.2, 0.25) is 5.91 Å². The van der Waals surface area contributed by atoms with Crippen molar-refractivity contribution in [2.75, 3.05) is 13.1 Å². The van der Waals surface area contributed by atoms with Gasteiger partial charge >= 0.3 is 0 Å². The van der Waals surface area contributed by atoms with Crippen LogP contribution >= 0.6 is 0 Å². The number of ether oxygens (including phenoxy) is 1. The average molecular weight is 240 g/mol. The Morgan fingerprint density at radius 2 is 2.18 bits per heavy atom. The summed E-state index contributed by atoms with van der Waals surface area (Å²) in [5.41, 5.74) is 6.01. The average Bonchev–Trinajstić information content (AvgIpc) is 2.73. The molecule has 0 unspecified atom stereocenters. The van der Waals surface area contributed by atoms with Crippen LogP contribution in [0, 0.1) is 5.92 Å². The van der Waals surface area contributed by atoms with Gasteiger partial charge in [0.25, 0.3) is 0 Å². The van der Waals surface area contributed by atoms with Crippen molar-refractivity contribution in [1.82, 2.24) is 4.90 Å². The maximum absolute atomic E-state index is 12.4. The van der Waals surface area contributed by atoms with Crippen molar-refractivity contribution in [2.45, 2.75) is 57.8 Å². The first-order valence-electron chi connectivity index (χ1n) is 6.81. The molecular weight excluding hydrogens is 216 g/mol. The fraction of sp³-hybridized carbons (Fsp3) is 0.923. The lowest BCUT2D eigenvalue weighted by Crippen LogP contribution is -2.52. The third-order valence-corrected chi connectivity index (χ3v) is 3.98. The minimum Gasteiger partial charge on any atom is -0.372 e. The fourth-order valence-corrected chi connectivity index (χ4v) is 2.98. The maximum Gasteiger partial charge on any atom is 0.227 e. The summed E-state index contributed by atoms with van der Waals surface area (Å²) in [6.07, 6.45) is 4.35. The van der Waals surface area contributed by atoms with E-state index in [1.54, 1.807) is 0 Å². The molecule has 1 saturated heterocycles. The number of morpholine rings is 1. The van der Waals surface area contributed by atoms with Crippen LogP contribution in [0.3, 0.4) is 0 Å². The second-order valence-corrected chi connectivity index (χ2v) is 5.42. The smallest absolute Gasteiger partial charge is 0.227 e. The quantitative estimate of drug-likeness (QED) is 0.787. The molecule has 1 aliphatic carbocycles. The Labute approximate surface area is 103 Å². The third-order valence-electron chi connectivity index (χ3n) is 3.98. The third kappa shape index (κ3) is 2.80. The van der Waals surface area contributed by atoms with Crippen molar-refractivity contribution in [1.29, 1.82) is 0 Å². The van der Waals surface area contributed by atoms with Gasteiger partial charge < -0.3 is 15.4 Å². The van der Waals surface area contributed by atoms with Crippen molar-refractivity contribution in [3.8, 4) is 0 Å². The molecule has 98 valence electrons. The highest BCUT2D eigenvalue weighted by molar-refractivity contribution is 5.80. The van der Waals surface area contributed by atoms with Crippen molar-refractivity contribution >= 4 is 5.91 Å². The minimum atomic E-state index is 0.0535. The molecule has 2 N–H and O–H groups in total. The van der Waals surface area contributed by atoms with Gasteiger partial charge in [-0.25, -0.2) is 0 Å². The van der Waals surface area contributed by atoms with E-state index in [9.17, 15) is 4.79 Å². The molecule has 2 rings (SSSR count). The highest BCUT2D eigenvalue weighted by atomic mass is 16.5. The van der Waals surface area contributed by atoms with Gasteiger partial charge in [-0.2, -0.15) is 0 Å². The number of carbonyl (C=O) groups excluding carboxylic acids is 1. The standard InChI is InChI=1S/C13H24N2O2/c1-3-10-8-15(7-9(2)17-10)13(16)11-5-4-6-12(11)14/h9-12H,3-8,14H2,1-2H3/t9-,10-,11-,12+/m1/s1. The van der Waals surface area contributed by atoms with Crippen LogP contribution in [0.25, 0.3) is 0 Å². The van der Waals surface area contributed by atoms with Gasteiger partial charge in [-0.05, 0) is 26.2 Å². The molecule has 1 aliphatic heterocycles. The number of rotatable bonds is 2. The summed E-state index contributed by atoms with van der Waals surface area (Å²) in [5.74, 6) is 0.307. The monoisotopic (exact) mass is 240 g/mol. The molecule has 0 bridgehead atoms. The first-order chi connectivity index (χ1) is 8.11. The van der Waals surface area contributed by atoms with E-state index in [-0.39, 0.29) is 30.1 Å². The molecule has 2 fully saturated rings. The van der Waals surface area contributed by atoms with E-state index in [2.05, 4.69) is 6.92 Å². The zero-order valence-electron chi connectivity index (χ0n) is 10.9. The van der Waals surface area contributed by atoms with E-state index in [0.717, 1.165) is 38.8 Å². The predicted molar refractivity (Wildman–Crippen MR) is 66.5 cm³/mol. The van der Waals surface area contributed by atoms with E-state index in [4.69, 9.17) is 10.5 Å². The Bertz CT molecular complexity index is 283. The number of carbonyl (C=O) groups is 1. The Kier molecular flexibility index (Phi) is 4.05. The van der Waals surface area contributed by atoms with Gasteiger partial charge in [0.05, 0.1) is 18.1 Å². The largest absolute Gasteiger partial charge is 0.372 e. The lowest BCUT2D eigenvalue weighted by molar-refractivity contribution is -0.148. The summed E-state index contributed by atoms with van der Waals surface area (Å²) in [4.78, 5) is 14.4. The van der Waals surface area contributed by atoms with Crippen LogP contribution in [0.4, 0.5) is 0 Å². The SMILES string of the molecule is CC[C@@H]1CN(C(=O)[C@@H]2CCC[C@@H]2N)C[C@@H](C)O1. The Morgan fingerprint density at radius 1 is 1.41 bits per heavy atom. The molecule has 4 nitrogen and oxygen atoms in total. The molecule has 0 aromatic carbocycles. The topological polar surface area (TPSA) is 55.6 Å². The van der Waals surface area contributed by atoms with Crippen LogP contribution in [0.15, 0.2) is 0 Å². The van der Waals surface area contributed by atoms with Gasteiger partial charge in [0.15, 0.2) is 0 Å². The molecule has 1 amide bonds. The van der Waals surface area contributed by atoms with Crippen LogP contribution in [-0.2, 0) is 9.53 Å². The Balaban J connectivity index is 1.98. The zero-order valence-corrected chi connectivity index (χ0v) is 10.9. The van der Waals surface area contributed by atoms with Crippen LogP contribution in [-0.4, -0.2) is 42.1 Å². The second-order valence-electron chi connectivity index (χ2n) is 5.42. The molecule has 1 saturated carbocycles. The summed E-state index contributed by atoms with van der Waals surface area (Å²) in [5, 5.41) is 0. The molecule has 0 aromatic rings. The van der Waals surface area contributed by atoms with Gasteiger partial charge in [-0.15, -0.1) is 0 Å². The van der Waals surface area contributed by atoms with E-state index in [1.807, 2.05) is 11.8 Å².